The second kappa shape index (κ2) is 22.0. The van der Waals surface area contributed by atoms with E-state index in [4.69, 9.17) is 37.9 Å². The molecule has 3 aromatic carbocycles. The number of nitrogens with zero attached hydrogens (tertiary/aromatic N) is 1. The molecule has 0 radical (unpaired) electrons. The highest BCUT2D eigenvalue weighted by atomic mass is 16.6. The van der Waals surface area contributed by atoms with Gasteiger partial charge in [-0.05, 0) is 34.4 Å². The van der Waals surface area contributed by atoms with Crippen LogP contribution in [0, 0.1) is 0 Å². The van der Waals surface area contributed by atoms with Crippen LogP contribution in [-0.4, -0.2) is 135 Å². The molecular formula is C39H48N2O11. The molecule has 3 amide bonds. The van der Waals surface area contributed by atoms with Gasteiger partial charge in [0, 0.05) is 12.5 Å². The van der Waals surface area contributed by atoms with Gasteiger partial charge in [0.25, 0.3) is 11.8 Å². The smallest absolute Gasteiger partial charge is 0.407 e. The predicted molar refractivity (Wildman–Crippen MR) is 191 cm³/mol. The number of fused-ring (bicyclic) bond motifs is 4. The molecule has 13 heteroatoms. The number of hydrogen-bond acceptors (Lipinski definition) is 11. The number of rotatable bonds is 26. The van der Waals surface area contributed by atoms with Crippen molar-refractivity contribution in [3.8, 4) is 11.1 Å². The van der Waals surface area contributed by atoms with Gasteiger partial charge in [0.15, 0.2) is 0 Å². The van der Waals surface area contributed by atoms with Gasteiger partial charge in [0.2, 0.25) is 0 Å². The van der Waals surface area contributed by atoms with Crippen molar-refractivity contribution >= 4 is 17.9 Å². The first kappa shape index (κ1) is 39.0. The number of hydrogen-bond donors (Lipinski definition) is 1. The first-order valence-electron chi connectivity index (χ1n) is 17.7. The number of amides is 3. The van der Waals surface area contributed by atoms with Crippen molar-refractivity contribution in [1.29, 1.82) is 0 Å². The summed E-state index contributed by atoms with van der Waals surface area (Å²) in [4.78, 5) is 38.1. The molecule has 1 aliphatic carbocycles. The summed E-state index contributed by atoms with van der Waals surface area (Å²) in [7, 11) is 0. The Kier molecular flexibility index (Phi) is 16.5. The van der Waals surface area contributed by atoms with E-state index in [1.165, 1.54) is 27.2 Å². The van der Waals surface area contributed by atoms with Crippen LogP contribution in [0.3, 0.4) is 0 Å². The molecule has 13 nitrogen and oxygen atoms in total. The minimum absolute atomic E-state index is 0.0303. The van der Waals surface area contributed by atoms with Gasteiger partial charge in [0.05, 0.1) is 110 Å². The molecular weight excluding hydrogens is 672 g/mol. The van der Waals surface area contributed by atoms with Gasteiger partial charge in [-0.1, -0.05) is 60.7 Å². The number of carbonyl (C=O) groups is 3. The van der Waals surface area contributed by atoms with Crippen molar-refractivity contribution in [3.63, 3.8) is 0 Å². The van der Waals surface area contributed by atoms with E-state index in [9.17, 15) is 14.4 Å². The summed E-state index contributed by atoms with van der Waals surface area (Å²) < 4.78 is 44.0. The zero-order chi connectivity index (χ0) is 36.2. The maximum Gasteiger partial charge on any atom is 0.407 e. The van der Waals surface area contributed by atoms with Gasteiger partial charge in [0.1, 0.15) is 6.61 Å². The van der Waals surface area contributed by atoms with E-state index in [0.29, 0.717) is 104 Å². The lowest BCUT2D eigenvalue weighted by molar-refractivity contribution is -0.0206. The molecule has 0 unspecified atom stereocenters. The fraction of sp³-hybridized carbons (Fsp3) is 0.462. The Bertz CT molecular complexity index is 1490. The molecule has 1 N–H and O–H groups in total. The fourth-order valence-corrected chi connectivity index (χ4v) is 5.89. The zero-order valence-corrected chi connectivity index (χ0v) is 29.5. The Morgan fingerprint density at radius 3 is 1.31 bits per heavy atom. The minimum Gasteiger partial charge on any atom is -0.449 e. The highest BCUT2D eigenvalue weighted by Gasteiger charge is 2.34. The minimum atomic E-state index is -0.460. The summed E-state index contributed by atoms with van der Waals surface area (Å²) in [6.45, 7) is 6.61. The van der Waals surface area contributed by atoms with Crippen molar-refractivity contribution in [1.82, 2.24) is 10.2 Å². The third kappa shape index (κ3) is 11.7. The molecule has 0 fully saturated rings. The molecule has 2 aliphatic rings. The summed E-state index contributed by atoms with van der Waals surface area (Å²) in [6.07, 6.45) is -0.460. The summed E-state index contributed by atoms with van der Waals surface area (Å²) in [5, 5.41) is 2.74. The number of ether oxygens (including phenoxy) is 8. The van der Waals surface area contributed by atoms with E-state index in [1.807, 2.05) is 24.3 Å². The number of benzene rings is 3. The van der Waals surface area contributed by atoms with Crippen LogP contribution in [0.25, 0.3) is 11.1 Å². The zero-order valence-electron chi connectivity index (χ0n) is 29.5. The molecule has 0 aromatic heterocycles. The summed E-state index contributed by atoms with van der Waals surface area (Å²) >= 11 is 0. The molecule has 0 spiro atoms. The Morgan fingerprint density at radius 2 is 0.865 bits per heavy atom. The van der Waals surface area contributed by atoms with Gasteiger partial charge in [-0.2, -0.15) is 0 Å². The maximum atomic E-state index is 12.3. The summed E-state index contributed by atoms with van der Waals surface area (Å²) in [6, 6.07) is 23.3. The van der Waals surface area contributed by atoms with Crippen LogP contribution in [0.1, 0.15) is 37.8 Å². The van der Waals surface area contributed by atoms with E-state index in [-0.39, 0.29) is 37.5 Å². The van der Waals surface area contributed by atoms with Gasteiger partial charge < -0.3 is 43.2 Å². The Balaban J connectivity index is 0.727. The number of nitrogens with one attached hydrogen (secondary N) is 1. The summed E-state index contributed by atoms with van der Waals surface area (Å²) in [5.41, 5.74) is 5.63. The monoisotopic (exact) mass is 720 g/mol. The van der Waals surface area contributed by atoms with E-state index in [1.54, 1.807) is 24.3 Å². The first-order valence-corrected chi connectivity index (χ1v) is 17.7. The first-order chi connectivity index (χ1) is 25.6. The van der Waals surface area contributed by atoms with Crippen LogP contribution in [-0.2, 0) is 37.9 Å². The standard InChI is InChI=1S/C39H48N2O11/c42-37-34-11-5-6-12-35(34)38(43)41(37)14-16-46-18-20-48-22-24-50-26-28-51-27-25-49-23-21-47-19-17-45-15-13-40-39(44)52-29-36-32-9-3-1-7-30(32)31-8-2-4-10-33(31)36/h1-12,36H,13-29H2,(H,40,44). The van der Waals surface area contributed by atoms with Crippen LogP contribution in [0.2, 0.25) is 0 Å². The van der Waals surface area contributed by atoms with Crippen molar-refractivity contribution < 1.29 is 52.3 Å². The average Bonchev–Trinajstić information content (AvgIpc) is 3.62. The third-order valence-electron chi connectivity index (χ3n) is 8.43. The van der Waals surface area contributed by atoms with Crippen molar-refractivity contribution in [2.45, 2.75) is 5.92 Å². The number of imide groups is 1. The Hall–Kier alpha value is -4.21. The SMILES string of the molecule is O=C(NCCOCCOCCOCCOCCOCCOCCOCCN1C(=O)c2ccccc2C1=O)OCC1c2ccccc2-c2ccccc21. The molecule has 0 saturated carbocycles. The molecule has 280 valence electrons. The van der Waals surface area contributed by atoms with Crippen LogP contribution in [0.5, 0.6) is 0 Å². The van der Waals surface area contributed by atoms with Gasteiger partial charge in [-0.15, -0.1) is 0 Å². The van der Waals surface area contributed by atoms with E-state index >= 15 is 0 Å². The van der Waals surface area contributed by atoms with E-state index < -0.39 is 6.09 Å². The largest absolute Gasteiger partial charge is 0.449 e. The normalized spacial score (nSPS) is 13.3. The lowest BCUT2D eigenvalue weighted by atomic mass is 9.98. The van der Waals surface area contributed by atoms with Crippen LogP contribution in [0.4, 0.5) is 4.79 Å². The molecule has 0 atom stereocenters. The third-order valence-corrected chi connectivity index (χ3v) is 8.43. The number of alkyl carbamates (subject to hydrolysis) is 1. The summed E-state index contributed by atoms with van der Waals surface area (Å²) in [5.74, 6) is -0.534. The highest BCUT2D eigenvalue weighted by molar-refractivity contribution is 6.21. The van der Waals surface area contributed by atoms with E-state index in [2.05, 4.69) is 29.6 Å². The van der Waals surface area contributed by atoms with Crippen LogP contribution >= 0.6 is 0 Å². The van der Waals surface area contributed by atoms with Crippen LogP contribution in [0.15, 0.2) is 72.8 Å². The molecule has 0 saturated heterocycles. The number of carbonyl (C=O) groups excluding carboxylic acids is 3. The van der Waals surface area contributed by atoms with Gasteiger partial charge >= 0.3 is 6.09 Å². The molecule has 5 rings (SSSR count). The quantitative estimate of drug-likeness (QED) is 0.0953. The highest BCUT2D eigenvalue weighted by Crippen LogP contribution is 2.44. The fourth-order valence-electron chi connectivity index (χ4n) is 5.89. The Labute approximate surface area is 304 Å². The van der Waals surface area contributed by atoms with Crippen LogP contribution < -0.4 is 5.32 Å². The molecule has 0 bridgehead atoms. The average molecular weight is 721 g/mol. The lowest BCUT2D eigenvalue weighted by Gasteiger charge is -2.14. The molecule has 1 aliphatic heterocycles. The van der Waals surface area contributed by atoms with E-state index in [0.717, 1.165) is 0 Å². The lowest BCUT2D eigenvalue weighted by Crippen LogP contribution is -2.33. The van der Waals surface area contributed by atoms with Crippen molar-refractivity contribution in [2.24, 2.45) is 0 Å². The van der Waals surface area contributed by atoms with Gasteiger partial charge in [-0.25, -0.2) is 4.79 Å². The van der Waals surface area contributed by atoms with Gasteiger partial charge in [-0.3, -0.25) is 14.5 Å². The second-order valence-electron chi connectivity index (χ2n) is 11.8. The predicted octanol–water partition coefficient (Wildman–Crippen LogP) is 3.94. The van der Waals surface area contributed by atoms with Crippen molar-refractivity contribution in [3.05, 3.63) is 95.1 Å². The second-order valence-corrected chi connectivity index (χ2v) is 11.8. The molecule has 52 heavy (non-hydrogen) atoms. The topological polar surface area (TPSA) is 140 Å². The maximum absolute atomic E-state index is 12.3. The Morgan fingerprint density at radius 1 is 0.500 bits per heavy atom. The molecule has 1 heterocycles. The van der Waals surface area contributed by atoms with Crippen molar-refractivity contribution in [2.75, 3.05) is 112 Å². The molecule has 3 aromatic rings.